The number of carbonyl (C=O) groups is 1. The van der Waals surface area contributed by atoms with Crippen molar-refractivity contribution in [3.05, 3.63) is 90.0 Å². The van der Waals surface area contributed by atoms with Gasteiger partial charge < -0.3 is 10.2 Å². The first-order valence-corrected chi connectivity index (χ1v) is 9.57. The van der Waals surface area contributed by atoms with Crippen molar-refractivity contribution in [1.82, 2.24) is 4.98 Å². The van der Waals surface area contributed by atoms with Crippen LogP contribution in [-0.2, 0) is 0 Å². The van der Waals surface area contributed by atoms with Gasteiger partial charge in [0.25, 0.3) is 5.91 Å². The number of hydrogen-bond donors (Lipinski definition) is 1. The Balaban J connectivity index is 1.65. The van der Waals surface area contributed by atoms with Gasteiger partial charge in [-0.25, -0.2) is 4.98 Å². The SMILES string of the molecule is Cc1ccc2nc(-c3ccccc3NC(=O)c3ccc(N(C)C)cc3)ccc2c1. The van der Waals surface area contributed by atoms with Crippen LogP contribution in [0.15, 0.2) is 78.9 Å². The van der Waals surface area contributed by atoms with Gasteiger partial charge in [-0.3, -0.25) is 4.79 Å². The highest BCUT2D eigenvalue weighted by atomic mass is 16.1. The standard InChI is InChI=1S/C25H23N3O/c1-17-8-14-22-19(16-17)11-15-24(26-22)21-6-4-5-7-23(21)27-25(29)18-9-12-20(13-10-18)28(2)3/h4-16H,1-3H3,(H,27,29). The van der Waals surface area contributed by atoms with E-state index in [4.69, 9.17) is 4.98 Å². The Labute approximate surface area is 170 Å². The Morgan fingerprint density at radius 1 is 0.897 bits per heavy atom. The Bertz CT molecular complexity index is 1180. The summed E-state index contributed by atoms with van der Waals surface area (Å²) in [6, 6.07) is 25.6. The molecular weight excluding hydrogens is 358 g/mol. The van der Waals surface area contributed by atoms with Crippen LogP contribution in [-0.4, -0.2) is 25.0 Å². The van der Waals surface area contributed by atoms with Gasteiger partial charge >= 0.3 is 0 Å². The molecule has 4 rings (SSSR count). The lowest BCUT2D eigenvalue weighted by molar-refractivity contribution is 0.102. The molecule has 0 aliphatic carbocycles. The van der Waals surface area contributed by atoms with E-state index in [1.54, 1.807) is 0 Å². The third kappa shape index (κ3) is 3.97. The molecule has 0 fully saturated rings. The number of fused-ring (bicyclic) bond motifs is 1. The molecule has 0 aliphatic heterocycles. The number of pyridine rings is 1. The molecule has 4 heteroatoms. The van der Waals surface area contributed by atoms with Crippen LogP contribution in [0.5, 0.6) is 0 Å². The molecule has 0 saturated heterocycles. The molecule has 1 amide bonds. The molecule has 0 saturated carbocycles. The molecular formula is C25H23N3O. The van der Waals surface area contributed by atoms with Gasteiger partial charge in [-0.2, -0.15) is 0 Å². The van der Waals surface area contributed by atoms with E-state index in [1.807, 2.05) is 79.7 Å². The Morgan fingerprint density at radius 3 is 2.41 bits per heavy atom. The predicted octanol–water partition coefficient (Wildman–Crippen LogP) is 5.53. The number of aryl methyl sites for hydroxylation is 1. The molecule has 4 aromatic rings. The second kappa shape index (κ2) is 7.76. The van der Waals surface area contributed by atoms with Crippen molar-refractivity contribution < 1.29 is 4.79 Å². The zero-order valence-corrected chi connectivity index (χ0v) is 16.8. The summed E-state index contributed by atoms with van der Waals surface area (Å²) in [4.78, 5) is 19.6. The highest BCUT2D eigenvalue weighted by molar-refractivity contribution is 6.06. The van der Waals surface area contributed by atoms with E-state index in [0.29, 0.717) is 5.56 Å². The number of para-hydroxylation sites is 1. The van der Waals surface area contributed by atoms with Crippen molar-refractivity contribution in [1.29, 1.82) is 0 Å². The molecule has 144 valence electrons. The van der Waals surface area contributed by atoms with Gasteiger partial charge in [0, 0.05) is 36.3 Å². The van der Waals surface area contributed by atoms with E-state index in [9.17, 15) is 4.79 Å². The van der Waals surface area contributed by atoms with Crippen molar-refractivity contribution in [3.8, 4) is 11.3 Å². The molecule has 1 aromatic heterocycles. The summed E-state index contributed by atoms with van der Waals surface area (Å²) in [7, 11) is 3.95. The number of carbonyl (C=O) groups excluding carboxylic acids is 1. The zero-order valence-electron chi connectivity index (χ0n) is 16.8. The minimum absolute atomic E-state index is 0.140. The van der Waals surface area contributed by atoms with Gasteiger partial charge in [0.15, 0.2) is 0 Å². The summed E-state index contributed by atoms with van der Waals surface area (Å²) in [5.74, 6) is -0.140. The van der Waals surface area contributed by atoms with Crippen LogP contribution >= 0.6 is 0 Å². The van der Waals surface area contributed by atoms with Gasteiger partial charge in [-0.1, -0.05) is 35.9 Å². The van der Waals surface area contributed by atoms with Crippen LogP contribution in [0, 0.1) is 6.92 Å². The van der Waals surface area contributed by atoms with Gasteiger partial charge in [0.1, 0.15) is 0 Å². The molecule has 0 unspecified atom stereocenters. The Kier molecular flexibility index (Phi) is 5.00. The van der Waals surface area contributed by atoms with Crippen LogP contribution in [0.25, 0.3) is 22.2 Å². The molecule has 3 aromatic carbocycles. The average Bonchev–Trinajstić information content (AvgIpc) is 2.74. The number of rotatable bonds is 4. The van der Waals surface area contributed by atoms with Gasteiger partial charge in [0.2, 0.25) is 0 Å². The number of hydrogen-bond acceptors (Lipinski definition) is 3. The predicted molar refractivity (Wildman–Crippen MR) is 121 cm³/mol. The lowest BCUT2D eigenvalue weighted by atomic mass is 10.1. The van der Waals surface area contributed by atoms with E-state index in [1.165, 1.54) is 5.56 Å². The lowest BCUT2D eigenvalue weighted by Crippen LogP contribution is -2.13. The average molecular weight is 381 g/mol. The van der Waals surface area contributed by atoms with E-state index < -0.39 is 0 Å². The third-order valence-corrected chi connectivity index (χ3v) is 4.94. The molecule has 1 N–H and O–H groups in total. The van der Waals surface area contributed by atoms with Crippen molar-refractivity contribution >= 4 is 28.2 Å². The summed E-state index contributed by atoms with van der Waals surface area (Å²) in [5, 5.41) is 4.15. The number of nitrogens with zero attached hydrogens (tertiary/aromatic N) is 2. The second-order valence-corrected chi connectivity index (χ2v) is 7.33. The topological polar surface area (TPSA) is 45.2 Å². The third-order valence-electron chi connectivity index (χ3n) is 4.94. The fourth-order valence-electron chi connectivity index (χ4n) is 3.32. The number of nitrogens with one attached hydrogen (secondary N) is 1. The van der Waals surface area contributed by atoms with E-state index >= 15 is 0 Å². The molecule has 0 atom stereocenters. The molecule has 0 spiro atoms. The number of aromatic nitrogens is 1. The maximum absolute atomic E-state index is 12.8. The Hall–Kier alpha value is -3.66. The van der Waals surface area contributed by atoms with Crippen molar-refractivity contribution in [3.63, 3.8) is 0 Å². The molecule has 0 bridgehead atoms. The maximum atomic E-state index is 12.8. The highest BCUT2D eigenvalue weighted by Crippen LogP contribution is 2.28. The molecule has 0 radical (unpaired) electrons. The summed E-state index contributed by atoms with van der Waals surface area (Å²) in [5.41, 5.74) is 6.29. The van der Waals surface area contributed by atoms with Crippen LogP contribution in [0.2, 0.25) is 0 Å². The fourth-order valence-corrected chi connectivity index (χ4v) is 3.32. The van der Waals surface area contributed by atoms with Crippen molar-refractivity contribution in [2.24, 2.45) is 0 Å². The quantitative estimate of drug-likeness (QED) is 0.506. The first kappa shape index (κ1) is 18.7. The smallest absolute Gasteiger partial charge is 0.255 e. The highest BCUT2D eigenvalue weighted by Gasteiger charge is 2.12. The van der Waals surface area contributed by atoms with Crippen LogP contribution in [0.1, 0.15) is 15.9 Å². The lowest BCUT2D eigenvalue weighted by Gasteiger charge is -2.14. The van der Waals surface area contributed by atoms with Crippen molar-refractivity contribution in [2.45, 2.75) is 6.92 Å². The fraction of sp³-hybridized carbons (Fsp3) is 0.120. The normalized spacial score (nSPS) is 10.7. The van der Waals surface area contributed by atoms with Crippen LogP contribution in [0.3, 0.4) is 0 Å². The molecule has 0 aliphatic rings. The molecule has 29 heavy (non-hydrogen) atoms. The first-order chi connectivity index (χ1) is 14.0. The maximum Gasteiger partial charge on any atom is 0.255 e. The number of anilines is 2. The van der Waals surface area contributed by atoms with E-state index in [-0.39, 0.29) is 5.91 Å². The molecule has 1 heterocycles. The van der Waals surface area contributed by atoms with Crippen LogP contribution < -0.4 is 10.2 Å². The summed E-state index contributed by atoms with van der Waals surface area (Å²) >= 11 is 0. The number of amides is 1. The van der Waals surface area contributed by atoms with Gasteiger partial charge in [0.05, 0.1) is 16.9 Å². The van der Waals surface area contributed by atoms with Crippen molar-refractivity contribution in [2.75, 3.05) is 24.3 Å². The minimum atomic E-state index is -0.140. The molecule has 4 nitrogen and oxygen atoms in total. The monoisotopic (exact) mass is 381 g/mol. The minimum Gasteiger partial charge on any atom is -0.378 e. The van der Waals surface area contributed by atoms with E-state index in [2.05, 4.69) is 30.4 Å². The largest absolute Gasteiger partial charge is 0.378 e. The summed E-state index contributed by atoms with van der Waals surface area (Å²) in [6.45, 7) is 2.07. The van der Waals surface area contributed by atoms with Gasteiger partial charge in [-0.15, -0.1) is 0 Å². The zero-order chi connectivity index (χ0) is 20.4. The van der Waals surface area contributed by atoms with E-state index in [0.717, 1.165) is 33.5 Å². The second-order valence-electron chi connectivity index (χ2n) is 7.33. The summed E-state index contributed by atoms with van der Waals surface area (Å²) < 4.78 is 0. The summed E-state index contributed by atoms with van der Waals surface area (Å²) in [6.07, 6.45) is 0. The first-order valence-electron chi connectivity index (χ1n) is 9.57. The Morgan fingerprint density at radius 2 is 1.66 bits per heavy atom. The number of benzene rings is 3. The van der Waals surface area contributed by atoms with Gasteiger partial charge in [-0.05, 0) is 55.5 Å². The van der Waals surface area contributed by atoms with Crippen LogP contribution in [0.4, 0.5) is 11.4 Å².